The predicted octanol–water partition coefficient (Wildman–Crippen LogP) is 2.38. The van der Waals surface area contributed by atoms with Crippen LogP contribution in [0.5, 0.6) is 0 Å². The molecule has 0 aromatic rings. The fourth-order valence-corrected chi connectivity index (χ4v) is 3.55. The van der Waals surface area contributed by atoms with Crippen molar-refractivity contribution in [3.63, 3.8) is 0 Å². The highest BCUT2D eigenvalue weighted by molar-refractivity contribution is 5.89. The smallest absolute Gasteiger partial charge is 0.408 e. The fourth-order valence-electron chi connectivity index (χ4n) is 3.55. The van der Waals surface area contributed by atoms with Crippen molar-refractivity contribution in [1.82, 2.24) is 15.1 Å². The highest BCUT2D eigenvalue weighted by Crippen LogP contribution is 2.22. The number of nitrogens with one attached hydrogen (secondary N) is 1. The van der Waals surface area contributed by atoms with Gasteiger partial charge in [0.25, 0.3) is 0 Å². The third-order valence-electron chi connectivity index (χ3n) is 4.69. The van der Waals surface area contributed by atoms with Gasteiger partial charge >= 0.3 is 6.09 Å². The van der Waals surface area contributed by atoms with Crippen LogP contribution in [-0.4, -0.2) is 65.2 Å². The van der Waals surface area contributed by atoms with Gasteiger partial charge in [-0.15, -0.1) is 0 Å². The number of hydrogen-bond acceptors (Lipinski definition) is 4. The number of likely N-dealkylation sites (tertiary alicyclic amines) is 2. The Labute approximate surface area is 145 Å². The molecular weight excluding hydrogens is 306 g/mol. The van der Waals surface area contributed by atoms with E-state index < -0.39 is 17.2 Å². The summed E-state index contributed by atoms with van der Waals surface area (Å²) in [6, 6.07) is 0.461. The molecule has 6 nitrogen and oxygen atoms in total. The van der Waals surface area contributed by atoms with Gasteiger partial charge in [0.15, 0.2) is 0 Å². The van der Waals surface area contributed by atoms with Gasteiger partial charge in [0.2, 0.25) is 5.91 Å². The molecule has 24 heavy (non-hydrogen) atoms. The Kier molecular flexibility index (Phi) is 5.78. The van der Waals surface area contributed by atoms with E-state index in [1.54, 1.807) is 13.8 Å². The first-order valence-electron chi connectivity index (χ1n) is 9.13. The molecule has 138 valence electrons. The minimum absolute atomic E-state index is 0.0303. The molecule has 0 unspecified atom stereocenters. The number of amides is 2. The maximum Gasteiger partial charge on any atom is 0.408 e. The van der Waals surface area contributed by atoms with Crippen LogP contribution in [0.3, 0.4) is 0 Å². The first-order valence-corrected chi connectivity index (χ1v) is 9.13. The molecule has 2 aliphatic heterocycles. The van der Waals surface area contributed by atoms with Gasteiger partial charge in [-0.1, -0.05) is 0 Å². The summed E-state index contributed by atoms with van der Waals surface area (Å²) in [7, 11) is 0. The van der Waals surface area contributed by atoms with E-state index in [-0.39, 0.29) is 5.91 Å². The van der Waals surface area contributed by atoms with E-state index in [0.29, 0.717) is 6.04 Å². The number of rotatable bonds is 3. The fraction of sp³-hybridized carbons (Fsp3) is 0.889. The lowest BCUT2D eigenvalue weighted by Crippen LogP contribution is -2.60. The van der Waals surface area contributed by atoms with Crippen LogP contribution in [0.4, 0.5) is 4.79 Å². The zero-order chi connectivity index (χ0) is 18.0. The molecule has 0 spiro atoms. The number of ether oxygens (including phenoxy) is 1. The molecule has 0 saturated carbocycles. The standard InChI is InChI=1S/C18H33N3O3/c1-17(2,3)24-16(23)19-18(4,5)15(22)21-12-8-9-14(13-21)20-10-6-7-11-20/h14H,6-13H2,1-5H3,(H,19,23)/t14-/m1/s1. The van der Waals surface area contributed by atoms with E-state index in [9.17, 15) is 9.59 Å². The zero-order valence-electron chi connectivity index (χ0n) is 15.9. The molecule has 2 heterocycles. The summed E-state index contributed by atoms with van der Waals surface area (Å²) in [6.07, 6.45) is 4.15. The number of carbonyl (C=O) groups is 2. The SMILES string of the molecule is CC(C)(C)OC(=O)NC(C)(C)C(=O)N1CCC[C@@H](N2CCCC2)C1. The normalized spacial score (nSPS) is 23.2. The highest BCUT2D eigenvalue weighted by Gasteiger charge is 2.38. The summed E-state index contributed by atoms with van der Waals surface area (Å²) >= 11 is 0. The summed E-state index contributed by atoms with van der Waals surface area (Å²) < 4.78 is 5.28. The molecule has 1 N–H and O–H groups in total. The van der Waals surface area contributed by atoms with Gasteiger partial charge in [0, 0.05) is 19.1 Å². The van der Waals surface area contributed by atoms with Gasteiger partial charge in [0.1, 0.15) is 11.1 Å². The molecule has 0 bridgehead atoms. The summed E-state index contributed by atoms with van der Waals surface area (Å²) in [5, 5.41) is 2.73. The number of piperidine rings is 1. The number of nitrogens with zero attached hydrogens (tertiary/aromatic N) is 2. The van der Waals surface area contributed by atoms with E-state index in [0.717, 1.165) is 39.0 Å². The Hall–Kier alpha value is -1.30. The molecule has 6 heteroatoms. The van der Waals surface area contributed by atoms with E-state index in [1.165, 1.54) is 12.8 Å². The Balaban J connectivity index is 1.94. The molecule has 0 aromatic heterocycles. The third-order valence-corrected chi connectivity index (χ3v) is 4.69. The van der Waals surface area contributed by atoms with Crippen molar-refractivity contribution in [2.75, 3.05) is 26.2 Å². The molecule has 2 amide bonds. The van der Waals surface area contributed by atoms with Crippen LogP contribution >= 0.6 is 0 Å². The highest BCUT2D eigenvalue weighted by atomic mass is 16.6. The summed E-state index contributed by atoms with van der Waals surface area (Å²) in [6.45, 7) is 12.8. The van der Waals surface area contributed by atoms with Crippen molar-refractivity contribution in [2.45, 2.75) is 77.5 Å². The first-order chi connectivity index (χ1) is 11.1. The maximum atomic E-state index is 12.9. The van der Waals surface area contributed by atoms with Gasteiger partial charge in [-0.25, -0.2) is 4.79 Å². The van der Waals surface area contributed by atoms with Crippen LogP contribution in [0.15, 0.2) is 0 Å². The average molecular weight is 339 g/mol. The molecule has 2 rings (SSSR count). The topological polar surface area (TPSA) is 61.9 Å². The van der Waals surface area contributed by atoms with Crippen molar-refractivity contribution in [2.24, 2.45) is 0 Å². The minimum atomic E-state index is -0.963. The molecule has 0 aliphatic carbocycles. The van der Waals surface area contributed by atoms with Crippen LogP contribution in [0.1, 0.15) is 60.3 Å². The van der Waals surface area contributed by atoms with E-state index in [4.69, 9.17) is 4.74 Å². The van der Waals surface area contributed by atoms with Gasteiger partial charge in [-0.05, 0) is 73.4 Å². The van der Waals surface area contributed by atoms with Crippen LogP contribution in [0, 0.1) is 0 Å². The Bertz CT molecular complexity index is 465. The summed E-state index contributed by atoms with van der Waals surface area (Å²) in [5.74, 6) is -0.0303. The zero-order valence-corrected chi connectivity index (χ0v) is 15.9. The molecular formula is C18H33N3O3. The molecule has 0 radical (unpaired) electrons. The Morgan fingerprint density at radius 3 is 2.21 bits per heavy atom. The van der Waals surface area contributed by atoms with Gasteiger partial charge in [-0.3, -0.25) is 9.69 Å². The largest absolute Gasteiger partial charge is 0.444 e. The minimum Gasteiger partial charge on any atom is -0.444 e. The van der Waals surface area contributed by atoms with E-state index in [2.05, 4.69) is 10.2 Å². The van der Waals surface area contributed by atoms with Crippen molar-refractivity contribution < 1.29 is 14.3 Å². The summed E-state index contributed by atoms with van der Waals surface area (Å²) in [4.78, 5) is 29.4. The summed E-state index contributed by atoms with van der Waals surface area (Å²) in [5.41, 5.74) is -1.54. The molecule has 2 fully saturated rings. The lowest BCUT2D eigenvalue weighted by Gasteiger charge is -2.40. The van der Waals surface area contributed by atoms with E-state index >= 15 is 0 Å². The van der Waals surface area contributed by atoms with Gasteiger partial charge < -0.3 is 15.0 Å². The number of carbonyl (C=O) groups excluding carboxylic acids is 2. The lowest BCUT2D eigenvalue weighted by molar-refractivity contribution is -0.139. The van der Waals surface area contributed by atoms with Gasteiger partial charge in [-0.2, -0.15) is 0 Å². The molecule has 2 aliphatic rings. The van der Waals surface area contributed by atoms with Crippen LogP contribution in [-0.2, 0) is 9.53 Å². The van der Waals surface area contributed by atoms with Crippen molar-refractivity contribution in [1.29, 1.82) is 0 Å². The predicted molar refractivity (Wildman–Crippen MR) is 93.9 cm³/mol. The second kappa shape index (κ2) is 7.30. The maximum absolute atomic E-state index is 12.9. The first kappa shape index (κ1) is 19.0. The van der Waals surface area contributed by atoms with Gasteiger partial charge in [0.05, 0.1) is 0 Å². The van der Waals surface area contributed by atoms with E-state index in [1.807, 2.05) is 25.7 Å². The second-order valence-corrected chi connectivity index (χ2v) is 8.54. The monoisotopic (exact) mass is 339 g/mol. The number of hydrogen-bond donors (Lipinski definition) is 1. The molecule has 0 aromatic carbocycles. The quantitative estimate of drug-likeness (QED) is 0.857. The van der Waals surface area contributed by atoms with Crippen molar-refractivity contribution in [3.8, 4) is 0 Å². The molecule has 2 saturated heterocycles. The van der Waals surface area contributed by atoms with Crippen LogP contribution < -0.4 is 5.32 Å². The average Bonchev–Trinajstić information content (AvgIpc) is 2.98. The second-order valence-electron chi connectivity index (χ2n) is 8.54. The lowest BCUT2D eigenvalue weighted by atomic mass is 9.99. The van der Waals surface area contributed by atoms with Crippen molar-refractivity contribution in [3.05, 3.63) is 0 Å². The number of alkyl carbamates (subject to hydrolysis) is 1. The van der Waals surface area contributed by atoms with Crippen LogP contribution in [0.2, 0.25) is 0 Å². The molecule has 1 atom stereocenters. The van der Waals surface area contributed by atoms with Crippen molar-refractivity contribution >= 4 is 12.0 Å². The Morgan fingerprint density at radius 2 is 1.62 bits per heavy atom. The van der Waals surface area contributed by atoms with Crippen LogP contribution in [0.25, 0.3) is 0 Å². The Morgan fingerprint density at radius 1 is 1.00 bits per heavy atom. The third kappa shape index (κ3) is 5.10.